The number of nitrogens with zero attached hydrogens (tertiary/aromatic N) is 2. The van der Waals surface area contributed by atoms with Crippen molar-refractivity contribution in [1.29, 1.82) is 0 Å². The van der Waals surface area contributed by atoms with E-state index in [1.165, 1.54) is 30.5 Å². The molecule has 0 unspecified atom stereocenters. The molecule has 0 bridgehead atoms. The van der Waals surface area contributed by atoms with Gasteiger partial charge in [-0.15, -0.1) is 0 Å². The van der Waals surface area contributed by atoms with Crippen LogP contribution >= 0.6 is 0 Å². The normalized spacial score (nSPS) is 13.9. The average molecular weight is 392 g/mol. The zero-order chi connectivity index (χ0) is 20.4. The molecule has 2 heterocycles. The van der Waals surface area contributed by atoms with Crippen LogP contribution in [0.15, 0.2) is 67.1 Å². The number of rotatable bonds is 5. The molecule has 2 aromatic carbocycles. The molecule has 1 amide bonds. The monoisotopic (exact) mass is 392 g/mol. The molecule has 1 aromatic heterocycles. The van der Waals surface area contributed by atoms with Crippen molar-refractivity contribution >= 4 is 28.5 Å². The SMILES string of the molecule is CN(Cc1cccnc1)c1ccc(NC=C2C(=O)Nc3cc(F)ccc32)cc1F. The van der Waals surface area contributed by atoms with Gasteiger partial charge in [-0.25, -0.2) is 8.78 Å². The fraction of sp³-hybridized carbons (Fsp3) is 0.0909. The van der Waals surface area contributed by atoms with E-state index in [0.717, 1.165) is 5.56 Å². The number of halogens is 2. The average Bonchev–Trinajstić information content (AvgIpc) is 3.01. The van der Waals surface area contributed by atoms with E-state index in [4.69, 9.17) is 0 Å². The van der Waals surface area contributed by atoms with Gasteiger partial charge < -0.3 is 15.5 Å². The number of hydrogen-bond acceptors (Lipinski definition) is 4. The highest BCUT2D eigenvalue weighted by atomic mass is 19.1. The first kappa shape index (κ1) is 18.6. The van der Waals surface area contributed by atoms with Crippen molar-refractivity contribution in [3.05, 3.63) is 89.9 Å². The lowest BCUT2D eigenvalue weighted by Gasteiger charge is -2.20. The molecular weight excluding hydrogens is 374 g/mol. The smallest absolute Gasteiger partial charge is 0.257 e. The molecule has 29 heavy (non-hydrogen) atoms. The summed E-state index contributed by atoms with van der Waals surface area (Å²) in [5.74, 6) is -1.16. The second-order valence-electron chi connectivity index (χ2n) is 6.73. The lowest BCUT2D eigenvalue weighted by atomic mass is 10.1. The first-order valence-electron chi connectivity index (χ1n) is 8.99. The van der Waals surface area contributed by atoms with E-state index in [-0.39, 0.29) is 5.91 Å². The Balaban J connectivity index is 1.50. The zero-order valence-corrected chi connectivity index (χ0v) is 15.6. The van der Waals surface area contributed by atoms with Crippen LogP contribution in [0.25, 0.3) is 5.57 Å². The molecule has 0 saturated heterocycles. The molecule has 5 nitrogen and oxygen atoms in total. The van der Waals surface area contributed by atoms with E-state index < -0.39 is 11.6 Å². The predicted octanol–water partition coefficient (Wildman–Crippen LogP) is 4.40. The summed E-state index contributed by atoms with van der Waals surface area (Å²) in [6.45, 7) is 0.523. The van der Waals surface area contributed by atoms with Gasteiger partial charge in [-0.05, 0) is 48.0 Å². The number of nitrogens with one attached hydrogen (secondary N) is 2. The van der Waals surface area contributed by atoms with E-state index in [1.54, 1.807) is 36.5 Å². The summed E-state index contributed by atoms with van der Waals surface area (Å²) in [5, 5.41) is 5.55. The zero-order valence-electron chi connectivity index (χ0n) is 15.6. The Kier molecular flexibility index (Phi) is 4.95. The van der Waals surface area contributed by atoms with Crippen molar-refractivity contribution in [1.82, 2.24) is 4.98 Å². The molecule has 0 radical (unpaired) electrons. The summed E-state index contributed by atoms with van der Waals surface area (Å²) in [6.07, 6.45) is 4.93. The molecule has 0 saturated carbocycles. The summed E-state index contributed by atoms with van der Waals surface area (Å²) < 4.78 is 27.9. The number of anilines is 3. The largest absolute Gasteiger partial charge is 0.368 e. The minimum absolute atomic E-state index is 0.341. The summed E-state index contributed by atoms with van der Waals surface area (Å²) in [5.41, 5.74) is 3.30. The quantitative estimate of drug-likeness (QED) is 0.632. The van der Waals surface area contributed by atoms with Crippen molar-refractivity contribution in [2.75, 3.05) is 22.6 Å². The molecule has 0 aliphatic carbocycles. The minimum atomic E-state index is -0.425. The van der Waals surface area contributed by atoms with Gasteiger partial charge in [0.1, 0.15) is 11.6 Å². The van der Waals surface area contributed by atoms with E-state index in [1.807, 2.05) is 12.1 Å². The number of pyridine rings is 1. The van der Waals surface area contributed by atoms with Gasteiger partial charge in [0.15, 0.2) is 0 Å². The van der Waals surface area contributed by atoms with Crippen LogP contribution in [0.4, 0.5) is 25.8 Å². The van der Waals surface area contributed by atoms with Crippen molar-refractivity contribution in [2.45, 2.75) is 6.54 Å². The van der Waals surface area contributed by atoms with Crippen LogP contribution in [-0.4, -0.2) is 17.9 Å². The molecule has 1 aliphatic heterocycles. The second kappa shape index (κ2) is 7.71. The van der Waals surface area contributed by atoms with Gasteiger partial charge in [-0.3, -0.25) is 9.78 Å². The Morgan fingerprint density at radius 3 is 2.79 bits per heavy atom. The molecule has 3 aromatic rings. The summed E-state index contributed by atoms with van der Waals surface area (Å²) in [6, 6.07) is 12.6. The molecule has 7 heteroatoms. The van der Waals surface area contributed by atoms with Crippen LogP contribution in [0, 0.1) is 11.6 Å². The Hall–Kier alpha value is -3.74. The van der Waals surface area contributed by atoms with Crippen molar-refractivity contribution < 1.29 is 13.6 Å². The number of carbonyl (C=O) groups is 1. The molecular formula is C22H18F2N4O. The number of hydrogen-bond donors (Lipinski definition) is 2. The molecule has 1 aliphatic rings. The topological polar surface area (TPSA) is 57.3 Å². The van der Waals surface area contributed by atoms with E-state index in [2.05, 4.69) is 15.6 Å². The van der Waals surface area contributed by atoms with E-state index in [9.17, 15) is 13.6 Å². The molecule has 4 rings (SSSR count). The number of aromatic nitrogens is 1. The fourth-order valence-corrected chi connectivity index (χ4v) is 3.22. The summed E-state index contributed by atoms with van der Waals surface area (Å²) in [4.78, 5) is 18.0. The number of carbonyl (C=O) groups excluding carboxylic acids is 1. The lowest BCUT2D eigenvalue weighted by molar-refractivity contribution is -0.110. The fourth-order valence-electron chi connectivity index (χ4n) is 3.22. The van der Waals surface area contributed by atoms with Gasteiger partial charge in [0.25, 0.3) is 5.91 Å². The Morgan fingerprint density at radius 1 is 1.17 bits per heavy atom. The van der Waals surface area contributed by atoms with Crippen LogP contribution in [0.3, 0.4) is 0 Å². The molecule has 2 N–H and O–H groups in total. The van der Waals surface area contributed by atoms with Crippen LogP contribution in [0.5, 0.6) is 0 Å². The molecule has 146 valence electrons. The van der Waals surface area contributed by atoms with Crippen LogP contribution in [0.2, 0.25) is 0 Å². The van der Waals surface area contributed by atoms with Gasteiger partial charge in [0.05, 0.1) is 16.9 Å². The third kappa shape index (κ3) is 3.94. The van der Waals surface area contributed by atoms with Crippen molar-refractivity contribution in [3.63, 3.8) is 0 Å². The Labute approximate surface area is 166 Å². The van der Waals surface area contributed by atoms with Gasteiger partial charge in [0, 0.05) is 43.4 Å². The van der Waals surface area contributed by atoms with Gasteiger partial charge in [-0.1, -0.05) is 6.07 Å². The van der Waals surface area contributed by atoms with Crippen molar-refractivity contribution in [3.8, 4) is 0 Å². The highest BCUT2D eigenvalue weighted by Crippen LogP contribution is 2.32. The first-order valence-corrected chi connectivity index (χ1v) is 8.99. The standard InChI is InChI=1S/C22H18F2N4O/c1-28(13-14-3-2-8-25-11-14)21-7-5-16(10-19(21)24)26-12-18-17-6-4-15(23)9-20(17)27-22(18)29/h2-12,26H,13H2,1H3,(H,27,29). The third-order valence-corrected chi connectivity index (χ3v) is 4.65. The minimum Gasteiger partial charge on any atom is -0.368 e. The predicted molar refractivity (Wildman–Crippen MR) is 109 cm³/mol. The highest BCUT2D eigenvalue weighted by Gasteiger charge is 2.24. The summed E-state index contributed by atoms with van der Waals surface area (Å²) >= 11 is 0. The molecule has 0 spiro atoms. The van der Waals surface area contributed by atoms with Crippen molar-refractivity contribution in [2.24, 2.45) is 0 Å². The first-order chi connectivity index (χ1) is 14.0. The Morgan fingerprint density at radius 2 is 2.03 bits per heavy atom. The van der Waals surface area contributed by atoms with Gasteiger partial charge in [-0.2, -0.15) is 0 Å². The van der Waals surface area contributed by atoms with Crippen LogP contribution in [0.1, 0.15) is 11.1 Å². The lowest BCUT2D eigenvalue weighted by Crippen LogP contribution is -2.17. The Bertz CT molecular complexity index is 1100. The maximum absolute atomic E-state index is 14.6. The third-order valence-electron chi connectivity index (χ3n) is 4.65. The van der Waals surface area contributed by atoms with E-state index >= 15 is 0 Å². The number of amides is 1. The second-order valence-corrected chi connectivity index (χ2v) is 6.73. The molecule has 0 fully saturated rings. The van der Waals surface area contributed by atoms with Crippen LogP contribution < -0.4 is 15.5 Å². The maximum atomic E-state index is 14.6. The van der Waals surface area contributed by atoms with Gasteiger partial charge >= 0.3 is 0 Å². The van der Waals surface area contributed by atoms with Crippen LogP contribution in [-0.2, 0) is 11.3 Å². The maximum Gasteiger partial charge on any atom is 0.257 e. The number of benzene rings is 2. The molecule has 0 atom stereocenters. The highest BCUT2D eigenvalue weighted by molar-refractivity contribution is 6.31. The van der Waals surface area contributed by atoms with Gasteiger partial charge in [0.2, 0.25) is 0 Å². The van der Waals surface area contributed by atoms with E-state index in [0.29, 0.717) is 34.7 Å². The summed E-state index contributed by atoms with van der Waals surface area (Å²) in [7, 11) is 1.80. The number of fused-ring (bicyclic) bond motifs is 1.